The fourth-order valence-electron chi connectivity index (χ4n) is 2.02. The van der Waals surface area contributed by atoms with Crippen molar-refractivity contribution in [2.24, 2.45) is 0 Å². The second-order valence-electron chi connectivity index (χ2n) is 4.50. The van der Waals surface area contributed by atoms with Gasteiger partial charge in [0.2, 0.25) is 4.77 Å². The molecule has 19 heavy (non-hydrogen) atoms. The molecule has 1 fully saturated rings. The number of H-pyrrole nitrogens is 2. The summed E-state index contributed by atoms with van der Waals surface area (Å²) in [5.74, 6) is 2.11. The average molecular weight is 290 g/mol. The smallest absolute Gasteiger partial charge is 0.213 e. The standard InChI is InChI=1S/C12H10N4OS2/c18-12-14-10(15-16-12)9-8(6-3-4-6)13-11(19-9)7-2-1-5-17-7/h1-2,5-6H,3-4H2,(H2,14,15,16,18). The topological polar surface area (TPSA) is 70.5 Å². The van der Waals surface area contributed by atoms with E-state index in [1.165, 1.54) is 12.8 Å². The minimum Gasteiger partial charge on any atom is -0.462 e. The molecule has 1 aliphatic rings. The van der Waals surface area contributed by atoms with Crippen molar-refractivity contribution in [3.63, 3.8) is 0 Å². The SMILES string of the molecule is S=c1nc(-c2sc(-c3ccco3)nc2C2CC2)[nH][nH]1. The first-order chi connectivity index (χ1) is 9.31. The Kier molecular flexibility index (Phi) is 2.42. The maximum Gasteiger partial charge on any atom is 0.213 e. The van der Waals surface area contributed by atoms with Crippen molar-refractivity contribution in [1.29, 1.82) is 0 Å². The molecule has 0 aliphatic heterocycles. The highest BCUT2D eigenvalue weighted by Crippen LogP contribution is 2.47. The lowest BCUT2D eigenvalue weighted by Gasteiger charge is -1.94. The Labute approximate surface area is 117 Å². The van der Waals surface area contributed by atoms with Gasteiger partial charge in [0, 0.05) is 5.92 Å². The van der Waals surface area contributed by atoms with Gasteiger partial charge in [-0.25, -0.2) is 4.98 Å². The van der Waals surface area contributed by atoms with Crippen molar-refractivity contribution in [1.82, 2.24) is 20.2 Å². The van der Waals surface area contributed by atoms with Crippen LogP contribution in [-0.2, 0) is 0 Å². The lowest BCUT2D eigenvalue weighted by atomic mass is 10.2. The molecule has 5 nitrogen and oxygen atoms in total. The molecule has 0 radical (unpaired) electrons. The summed E-state index contributed by atoms with van der Waals surface area (Å²) in [5, 5.41) is 6.73. The van der Waals surface area contributed by atoms with E-state index >= 15 is 0 Å². The zero-order valence-electron chi connectivity index (χ0n) is 9.84. The largest absolute Gasteiger partial charge is 0.462 e. The summed E-state index contributed by atoms with van der Waals surface area (Å²) in [6, 6.07) is 3.79. The van der Waals surface area contributed by atoms with Gasteiger partial charge < -0.3 is 4.42 Å². The predicted octanol–water partition coefficient (Wildman–Crippen LogP) is 3.73. The molecule has 1 aliphatic carbocycles. The van der Waals surface area contributed by atoms with Crippen LogP contribution in [0.5, 0.6) is 0 Å². The van der Waals surface area contributed by atoms with Gasteiger partial charge in [0.1, 0.15) is 0 Å². The van der Waals surface area contributed by atoms with Crippen LogP contribution < -0.4 is 0 Å². The van der Waals surface area contributed by atoms with Gasteiger partial charge in [-0.3, -0.25) is 10.2 Å². The number of aromatic amines is 2. The van der Waals surface area contributed by atoms with Crippen molar-refractivity contribution < 1.29 is 4.42 Å². The molecule has 0 atom stereocenters. The van der Waals surface area contributed by atoms with E-state index in [9.17, 15) is 0 Å². The number of aromatic nitrogens is 4. The normalized spacial score (nSPS) is 14.9. The Morgan fingerprint density at radius 2 is 2.21 bits per heavy atom. The molecule has 3 aromatic rings. The first-order valence-corrected chi connectivity index (χ1v) is 7.23. The lowest BCUT2D eigenvalue weighted by molar-refractivity contribution is 0.581. The zero-order chi connectivity index (χ0) is 12.8. The van der Waals surface area contributed by atoms with E-state index in [2.05, 4.69) is 15.2 Å². The maximum absolute atomic E-state index is 5.42. The van der Waals surface area contributed by atoms with Crippen LogP contribution in [0.4, 0.5) is 0 Å². The summed E-state index contributed by atoms with van der Waals surface area (Å²) < 4.78 is 5.88. The number of hydrogen-bond donors (Lipinski definition) is 2. The molecule has 0 saturated heterocycles. The molecule has 0 spiro atoms. The Balaban J connectivity index is 1.87. The highest BCUT2D eigenvalue weighted by molar-refractivity contribution is 7.71. The molecule has 3 heterocycles. The van der Waals surface area contributed by atoms with Crippen molar-refractivity contribution in [2.75, 3.05) is 0 Å². The van der Waals surface area contributed by atoms with Crippen LogP contribution >= 0.6 is 23.6 Å². The van der Waals surface area contributed by atoms with Crippen LogP contribution in [0.15, 0.2) is 22.8 Å². The Bertz CT molecular complexity index is 764. The summed E-state index contributed by atoms with van der Waals surface area (Å²) in [6.45, 7) is 0. The molecule has 4 rings (SSSR count). The molecule has 96 valence electrons. The Hall–Kier alpha value is -1.73. The number of furan rings is 1. The number of rotatable bonds is 3. The monoisotopic (exact) mass is 290 g/mol. The number of thiazole rings is 1. The molecule has 0 aromatic carbocycles. The number of nitrogens with one attached hydrogen (secondary N) is 2. The van der Waals surface area contributed by atoms with Crippen LogP contribution in [0.1, 0.15) is 24.5 Å². The maximum atomic E-state index is 5.42. The van der Waals surface area contributed by atoms with Crippen molar-refractivity contribution in [2.45, 2.75) is 18.8 Å². The van der Waals surface area contributed by atoms with E-state index in [4.69, 9.17) is 21.6 Å². The van der Waals surface area contributed by atoms with Gasteiger partial charge in [-0.05, 0) is 37.2 Å². The lowest BCUT2D eigenvalue weighted by Crippen LogP contribution is -1.85. The van der Waals surface area contributed by atoms with E-state index in [1.807, 2.05) is 12.1 Å². The molecule has 0 bridgehead atoms. The third-order valence-electron chi connectivity index (χ3n) is 3.07. The van der Waals surface area contributed by atoms with E-state index in [0.717, 1.165) is 27.2 Å². The molecule has 7 heteroatoms. The minimum absolute atomic E-state index is 0.463. The van der Waals surface area contributed by atoms with Crippen molar-refractivity contribution in [3.8, 4) is 21.5 Å². The minimum atomic E-state index is 0.463. The molecule has 0 unspecified atom stereocenters. The van der Waals surface area contributed by atoms with Gasteiger partial charge in [-0.15, -0.1) is 11.3 Å². The van der Waals surface area contributed by atoms with Gasteiger partial charge >= 0.3 is 0 Å². The van der Waals surface area contributed by atoms with E-state index < -0.39 is 0 Å². The first kappa shape index (κ1) is 11.1. The van der Waals surface area contributed by atoms with E-state index in [0.29, 0.717) is 10.7 Å². The third kappa shape index (κ3) is 1.95. The quantitative estimate of drug-likeness (QED) is 0.721. The zero-order valence-corrected chi connectivity index (χ0v) is 11.5. The average Bonchev–Trinajstić information content (AvgIpc) is 2.87. The summed E-state index contributed by atoms with van der Waals surface area (Å²) in [7, 11) is 0. The predicted molar refractivity (Wildman–Crippen MR) is 74.6 cm³/mol. The van der Waals surface area contributed by atoms with Crippen LogP contribution in [0, 0.1) is 4.77 Å². The van der Waals surface area contributed by atoms with Crippen LogP contribution in [0.3, 0.4) is 0 Å². The van der Waals surface area contributed by atoms with Crippen molar-refractivity contribution >= 4 is 23.6 Å². The van der Waals surface area contributed by atoms with Gasteiger partial charge in [-0.1, -0.05) is 0 Å². The van der Waals surface area contributed by atoms with Gasteiger partial charge in [0.15, 0.2) is 16.6 Å². The second-order valence-corrected chi connectivity index (χ2v) is 5.89. The summed E-state index contributed by atoms with van der Waals surface area (Å²) in [6.07, 6.45) is 4.05. The molecule has 3 aromatic heterocycles. The third-order valence-corrected chi connectivity index (χ3v) is 4.35. The van der Waals surface area contributed by atoms with Gasteiger partial charge in [0.05, 0.1) is 16.8 Å². The Morgan fingerprint density at radius 1 is 1.32 bits per heavy atom. The molecular formula is C12H10N4OS2. The molecular weight excluding hydrogens is 280 g/mol. The summed E-state index contributed by atoms with van der Waals surface area (Å²) in [4.78, 5) is 10.1. The van der Waals surface area contributed by atoms with Gasteiger partial charge in [-0.2, -0.15) is 4.98 Å². The summed E-state index contributed by atoms with van der Waals surface area (Å²) >= 11 is 6.60. The fraction of sp³-hybridized carbons (Fsp3) is 0.250. The van der Waals surface area contributed by atoms with Crippen LogP contribution in [0.25, 0.3) is 21.5 Å². The molecule has 1 saturated carbocycles. The highest BCUT2D eigenvalue weighted by Gasteiger charge is 2.31. The number of hydrogen-bond acceptors (Lipinski definition) is 5. The van der Waals surface area contributed by atoms with Crippen molar-refractivity contribution in [3.05, 3.63) is 28.9 Å². The first-order valence-electron chi connectivity index (χ1n) is 6.01. The fourth-order valence-corrected chi connectivity index (χ4v) is 3.22. The number of nitrogens with zero attached hydrogens (tertiary/aromatic N) is 2. The molecule has 2 N–H and O–H groups in total. The van der Waals surface area contributed by atoms with Gasteiger partial charge in [0.25, 0.3) is 0 Å². The summed E-state index contributed by atoms with van der Waals surface area (Å²) in [5.41, 5.74) is 1.11. The van der Waals surface area contributed by atoms with E-state index in [1.54, 1.807) is 17.6 Å². The van der Waals surface area contributed by atoms with E-state index in [-0.39, 0.29) is 0 Å². The van der Waals surface area contributed by atoms with Crippen LogP contribution in [0.2, 0.25) is 0 Å². The molecule has 0 amide bonds. The highest BCUT2D eigenvalue weighted by atomic mass is 32.1. The Morgan fingerprint density at radius 3 is 2.84 bits per heavy atom. The second kappa shape index (κ2) is 4.14. The van der Waals surface area contributed by atoms with Crippen LogP contribution in [-0.4, -0.2) is 20.2 Å².